The predicted molar refractivity (Wildman–Crippen MR) is 74.1 cm³/mol. The summed E-state index contributed by atoms with van der Waals surface area (Å²) < 4.78 is 0. The molecule has 0 unspecified atom stereocenters. The zero-order chi connectivity index (χ0) is 12.7. The summed E-state index contributed by atoms with van der Waals surface area (Å²) in [6, 6.07) is 11.6. The molecule has 90 valence electrons. The zero-order valence-electron chi connectivity index (χ0n) is 9.75. The van der Waals surface area contributed by atoms with Crippen LogP contribution in [0.1, 0.15) is 5.56 Å². The Balaban J connectivity index is 2.24. The van der Waals surface area contributed by atoms with Gasteiger partial charge in [0.1, 0.15) is 0 Å². The summed E-state index contributed by atoms with van der Waals surface area (Å²) in [5, 5.41) is 0.706. The molecular weight excluding hydrogens is 248 g/mol. The Morgan fingerprint density at radius 3 is 2.61 bits per heavy atom. The highest BCUT2D eigenvalue weighted by Crippen LogP contribution is 2.30. The molecule has 3 aromatic rings. The Labute approximate surface area is 108 Å². The van der Waals surface area contributed by atoms with Crippen molar-refractivity contribution in [3.05, 3.63) is 57.5 Å². The molecule has 0 bridgehead atoms. The van der Waals surface area contributed by atoms with E-state index in [1.54, 1.807) is 0 Å². The highest BCUT2D eigenvalue weighted by Gasteiger charge is 2.06. The summed E-state index contributed by atoms with van der Waals surface area (Å²) in [6.07, 6.45) is 0. The lowest BCUT2D eigenvalue weighted by molar-refractivity contribution is 1.22. The molecule has 0 saturated carbocycles. The lowest BCUT2D eigenvalue weighted by Crippen LogP contribution is -1.99. The molecule has 0 spiro atoms. The molecule has 0 aliphatic carbocycles. The molecule has 0 atom stereocenters. The second-order valence-electron chi connectivity index (χ2n) is 4.32. The van der Waals surface area contributed by atoms with Crippen LogP contribution in [0.15, 0.2) is 41.2 Å². The number of rotatable bonds is 1. The Bertz CT molecular complexity index is 786. The van der Waals surface area contributed by atoms with Crippen LogP contribution < -0.4 is 5.69 Å². The van der Waals surface area contributed by atoms with E-state index in [2.05, 4.69) is 9.97 Å². The Morgan fingerprint density at radius 1 is 1.00 bits per heavy atom. The third kappa shape index (κ3) is 1.83. The van der Waals surface area contributed by atoms with Gasteiger partial charge < -0.3 is 9.97 Å². The number of hydrogen-bond acceptors (Lipinski definition) is 1. The summed E-state index contributed by atoms with van der Waals surface area (Å²) in [5.74, 6) is 0. The number of fused-ring (bicyclic) bond motifs is 1. The van der Waals surface area contributed by atoms with Crippen LogP contribution in [0.2, 0.25) is 5.02 Å². The molecule has 2 N–H and O–H groups in total. The third-order valence-corrected chi connectivity index (χ3v) is 3.28. The van der Waals surface area contributed by atoms with E-state index in [1.807, 2.05) is 43.3 Å². The standard InChI is InChI=1S/C14H11ClN2O/c1-8-2-4-11(15)10(6-8)9-3-5-12-13(7-9)17-14(18)16-12/h2-7H,1H3,(H2,16,17,18). The van der Waals surface area contributed by atoms with Crippen molar-refractivity contribution in [2.24, 2.45) is 0 Å². The first-order valence-corrected chi connectivity index (χ1v) is 6.00. The Kier molecular flexibility index (Phi) is 2.49. The second kappa shape index (κ2) is 4.03. The predicted octanol–water partition coefficient (Wildman–Crippen LogP) is 3.49. The maximum Gasteiger partial charge on any atom is 0.323 e. The normalized spacial score (nSPS) is 11.0. The van der Waals surface area contributed by atoms with Crippen LogP contribution >= 0.6 is 11.6 Å². The highest BCUT2D eigenvalue weighted by molar-refractivity contribution is 6.33. The van der Waals surface area contributed by atoms with Crippen LogP contribution in [0.5, 0.6) is 0 Å². The lowest BCUT2D eigenvalue weighted by Gasteiger charge is -2.06. The monoisotopic (exact) mass is 258 g/mol. The van der Waals surface area contributed by atoms with E-state index in [4.69, 9.17) is 11.6 Å². The van der Waals surface area contributed by atoms with Gasteiger partial charge in [-0.25, -0.2) is 4.79 Å². The summed E-state index contributed by atoms with van der Waals surface area (Å²) in [6.45, 7) is 2.02. The van der Waals surface area contributed by atoms with Crippen molar-refractivity contribution >= 4 is 22.6 Å². The minimum absolute atomic E-state index is 0.197. The van der Waals surface area contributed by atoms with Crippen LogP contribution in [0, 0.1) is 6.92 Å². The van der Waals surface area contributed by atoms with Gasteiger partial charge in [0.2, 0.25) is 0 Å². The van der Waals surface area contributed by atoms with E-state index in [9.17, 15) is 4.79 Å². The Morgan fingerprint density at radius 2 is 1.78 bits per heavy atom. The topological polar surface area (TPSA) is 48.6 Å². The molecule has 0 aliphatic heterocycles. The molecule has 0 fully saturated rings. The largest absolute Gasteiger partial charge is 0.323 e. The van der Waals surface area contributed by atoms with Crippen LogP contribution in [0.3, 0.4) is 0 Å². The molecule has 2 aromatic carbocycles. The SMILES string of the molecule is Cc1ccc(Cl)c(-c2ccc3[nH]c(=O)[nH]c3c2)c1. The lowest BCUT2D eigenvalue weighted by atomic mass is 10.0. The molecule has 0 saturated heterocycles. The van der Waals surface area contributed by atoms with E-state index < -0.39 is 0 Å². The van der Waals surface area contributed by atoms with E-state index >= 15 is 0 Å². The maximum absolute atomic E-state index is 11.2. The minimum atomic E-state index is -0.197. The molecule has 3 rings (SSSR count). The molecular formula is C14H11ClN2O. The van der Waals surface area contributed by atoms with E-state index in [-0.39, 0.29) is 5.69 Å². The van der Waals surface area contributed by atoms with Crippen molar-refractivity contribution in [2.45, 2.75) is 6.92 Å². The van der Waals surface area contributed by atoms with Crippen molar-refractivity contribution < 1.29 is 0 Å². The average Bonchev–Trinajstić information content (AvgIpc) is 2.71. The quantitative estimate of drug-likeness (QED) is 0.690. The summed E-state index contributed by atoms with van der Waals surface area (Å²) >= 11 is 6.21. The number of aryl methyl sites for hydroxylation is 1. The molecule has 1 aromatic heterocycles. The number of halogens is 1. The summed E-state index contributed by atoms with van der Waals surface area (Å²) in [4.78, 5) is 16.7. The molecule has 18 heavy (non-hydrogen) atoms. The fourth-order valence-corrected chi connectivity index (χ4v) is 2.29. The van der Waals surface area contributed by atoms with Crippen molar-refractivity contribution in [3.8, 4) is 11.1 Å². The van der Waals surface area contributed by atoms with Gasteiger partial charge in [0.25, 0.3) is 0 Å². The van der Waals surface area contributed by atoms with Crippen molar-refractivity contribution in [1.29, 1.82) is 0 Å². The number of H-pyrrole nitrogens is 2. The Hall–Kier alpha value is -2.00. The van der Waals surface area contributed by atoms with Crippen molar-refractivity contribution in [1.82, 2.24) is 9.97 Å². The average molecular weight is 259 g/mol. The number of benzene rings is 2. The first-order chi connectivity index (χ1) is 8.63. The molecule has 0 amide bonds. The third-order valence-electron chi connectivity index (χ3n) is 2.95. The maximum atomic E-state index is 11.2. The minimum Gasteiger partial charge on any atom is -0.306 e. The fraction of sp³-hybridized carbons (Fsp3) is 0.0714. The van der Waals surface area contributed by atoms with Gasteiger partial charge in [-0.1, -0.05) is 29.3 Å². The van der Waals surface area contributed by atoms with Gasteiger partial charge in [-0.3, -0.25) is 0 Å². The number of nitrogens with one attached hydrogen (secondary N) is 2. The summed E-state index contributed by atoms with van der Waals surface area (Å²) in [5.41, 5.74) is 4.50. The van der Waals surface area contributed by atoms with Gasteiger partial charge in [0, 0.05) is 10.6 Å². The van der Waals surface area contributed by atoms with Crippen molar-refractivity contribution in [2.75, 3.05) is 0 Å². The van der Waals surface area contributed by atoms with Gasteiger partial charge in [-0.2, -0.15) is 0 Å². The first-order valence-electron chi connectivity index (χ1n) is 5.62. The smallest absolute Gasteiger partial charge is 0.306 e. The summed E-state index contributed by atoms with van der Waals surface area (Å²) in [7, 11) is 0. The first kappa shape index (κ1) is 11.1. The van der Waals surface area contributed by atoms with Crippen LogP contribution in [-0.2, 0) is 0 Å². The van der Waals surface area contributed by atoms with Gasteiger partial charge in [0.15, 0.2) is 0 Å². The zero-order valence-corrected chi connectivity index (χ0v) is 10.5. The molecule has 3 nitrogen and oxygen atoms in total. The number of aromatic nitrogens is 2. The van der Waals surface area contributed by atoms with Crippen LogP contribution in [0.25, 0.3) is 22.2 Å². The molecule has 4 heteroatoms. The second-order valence-corrected chi connectivity index (χ2v) is 4.73. The van der Waals surface area contributed by atoms with Crippen LogP contribution in [0.4, 0.5) is 0 Å². The van der Waals surface area contributed by atoms with E-state index in [1.165, 1.54) is 0 Å². The van der Waals surface area contributed by atoms with Crippen LogP contribution in [-0.4, -0.2) is 9.97 Å². The van der Waals surface area contributed by atoms with Gasteiger partial charge in [0.05, 0.1) is 11.0 Å². The molecule has 0 aliphatic rings. The van der Waals surface area contributed by atoms with Gasteiger partial charge in [-0.15, -0.1) is 0 Å². The number of hydrogen-bond donors (Lipinski definition) is 2. The fourth-order valence-electron chi connectivity index (χ4n) is 2.06. The van der Waals surface area contributed by atoms with E-state index in [0.717, 1.165) is 27.7 Å². The number of aromatic amines is 2. The molecule has 0 radical (unpaired) electrons. The molecule has 1 heterocycles. The van der Waals surface area contributed by atoms with E-state index in [0.29, 0.717) is 5.02 Å². The number of imidazole rings is 1. The van der Waals surface area contributed by atoms with Crippen molar-refractivity contribution in [3.63, 3.8) is 0 Å². The highest BCUT2D eigenvalue weighted by atomic mass is 35.5. The van der Waals surface area contributed by atoms with Gasteiger partial charge >= 0.3 is 5.69 Å². The van der Waals surface area contributed by atoms with Gasteiger partial charge in [-0.05, 0) is 36.8 Å².